The molecular formula is C22H24ClNO4. The third-order valence-electron chi connectivity index (χ3n) is 4.85. The molecular weight excluding hydrogens is 378 g/mol. The number of esters is 1. The second kappa shape index (κ2) is 9.11. The third kappa shape index (κ3) is 5.04. The minimum Gasteiger partial charge on any atom is -0.482 e. The smallest absolute Gasteiger partial charge is 0.344 e. The van der Waals surface area contributed by atoms with Gasteiger partial charge in [-0.25, -0.2) is 4.79 Å². The van der Waals surface area contributed by atoms with Gasteiger partial charge in [0.1, 0.15) is 5.75 Å². The van der Waals surface area contributed by atoms with Crippen LogP contribution in [0, 0.1) is 6.92 Å². The van der Waals surface area contributed by atoms with E-state index in [0.29, 0.717) is 10.8 Å². The summed E-state index contributed by atoms with van der Waals surface area (Å²) in [5.74, 6) is -0.383. The molecule has 0 radical (unpaired) electrons. The average Bonchev–Trinajstić information content (AvgIpc) is 2.69. The maximum atomic E-state index is 12.5. The lowest BCUT2D eigenvalue weighted by Crippen LogP contribution is -2.39. The van der Waals surface area contributed by atoms with Gasteiger partial charge < -0.3 is 14.8 Å². The molecule has 2 aromatic rings. The highest BCUT2D eigenvalue weighted by Gasteiger charge is 2.25. The molecule has 0 fully saturated rings. The van der Waals surface area contributed by atoms with E-state index in [1.165, 1.54) is 5.56 Å². The van der Waals surface area contributed by atoms with Crippen molar-refractivity contribution in [3.8, 4) is 5.75 Å². The van der Waals surface area contributed by atoms with Gasteiger partial charge in [0.15, 0.2) is 12.7 Å². The van der Waals surface area contributed by atoms with Crippen LogP contribution in [0.2, 0.25) is 5.02 Å². The molecule has 0 aliphatic heterocycles. The Labute approximate surface area is 170 Å². The van der Waals surface area contributed by atoms with Gasteiger partial charge in [-0.3, -0.25) is 4.79 Å². The number of amides is 1. The molecule has 0 saturated carbocycles. The van der Waals surface area contributed by atoms with Crippen LogP contribution in [0.15, 0.2) is 42.5 Å². The highest BCUT2D eigenvalue weighted by Crippen LogP contribution is 2.29. The van der Waals surface area contributed by atoms with Gasteiger partial charge >= 0.3 is 5.97 Å². The molecule has 0 unspecified atom stereocenters. The predicted molar refractivity (Wildman–Crippen MR) is 108 cm³/mol. The summed E-state index contributed by atoms with van der Waals surface area (Å²) in [6.07, 6.45) is 2.03. The van der Waals surface area contributed by atoms with Crippen molar-refractivity contribution in [2.75, 3.05) is 6.61 Å². The number of rotatable bonds is 6. The van der Waals surface area contributed by atoms with Gasteiger partial charge in [0, 0.05) is 5.02 Å². The van der Waals surface area contributed by atoms with Crippen molar-refractivity contribution < 1.29 is 19.1 Å². The van der Waals surface area contributed by atoms with E-state index in [1.54, 1.807) is 25.1 Å². The Morgan fingerprint density at radius 3 is 2.82 bits per heavy atom. The van der Waals surface area contributed by atoms with Crippen molar-refractivity contribution in [3.05, 3.63) is 64.2 Å². The van der Waals surface area contributed by atoms with E-state index < -0.39 is 12.1 Å². The summed E-state index contributed by atoms with van der Waals surface area (Å²) >= 11 is 5.97. The highest BCUT2D eigenvalue weighted by molar-refractivity contribution is 6.31. The molecule has 1 aliphatic rings. The molecule has 1 aliphatic carbocycles. The van der Waals surface area contributed by atoms with E-state index in [9.17, 15) is 9.59 Å². The minimum absolute atomic E-state index is 0.0492. The highest BCUT2D eigenvalue weighted by atomic mass is 35.5. The number of hydrogen-bond donors (Lipinski definition) is 1. The normalized spacial score (nSPS) is 16.6. The second-order valence-corrected chi connectivity index (χ2v) is 7.39. The molecule has 3 rings (SSSR count). The summed E-state index contributed by atoms with van der Waals surface area (Å²) in [7, 11) is 0. The van der Waals surface area contributed by atoms with Crippen molar-refractivity contribution in [2.24, 2.45) is 0 Å². The lowest BCUT2D eigenvalue weighted by atomic mass is 9.87. The minimum atomic E-state index is -0.892. The SMILES string of the molecule is Cc1cc(OCC(=O)O[C@@H](C)C(=O)N[C@@H]2CCCc3ccccc32)ccc1Cl. The average molecular weight is 402 g/mol. The molecule has 2 aromatic carbocycles. The number of benzene rings is 2. The van der Waals surface area contributed by atoms with Crippen molar-refractivity contribution in [3.63, 3.8) is 0 Å². The third-order valence-corrected chi connectivity index (χ3v) is 5.27. The molecule has 1 N–H and O–H groups in total. The fourth-order valence-electron chi connectivity index (χ4n) is 3.33. The van der Waals surface area contributed by atoms with E-state index in [2.05, 4.69) is 11.4 Å². The largest absolute Gasteiger partial charge is 0.482 e. The second-order valence-electron chi connectivity index (χ2n) is 6.98. The summed E-state index contributed by atoms with van der Waals surface area (Å²) in [6.45, 7) is 3.14. The van der Waals surface area contributed by atoms with Gasteiger partial charge in [-0.2, -0.15) is 0 Å². The van der Waals surface area contributed by atoms with Crippen LogP contribution in [0.3, 0.4) is 0 Å². The van der Waals surface area contributed by atoms with Gasteiger partial charge in [-0.1, -0.05) is 35.9 Å². The van der Waals surface area contributed by atoms with Gasteiger partial charge in [-0.05, 0) is 68.0 Å². The molecule has 0 heterocycles. The van der Waals surface area contributed by atoms with E-state index in [0.717, 1.165) is 30.4 Å². The Hall–Kier alpha value is -2.53. The van der Waals surface area contributed by atoms with Gasteiger partial charge in [-0.15, -0.1) is 0 Å². The molecule has 2 atom stereocenters. The first kappa shape index (κ1) is 20.2. The zero-order valence-electron chi connectivity index (χ0n) is 16.0. The predicted octanol–water partition coefficient (Wildman–Crippen LogP) is 4.15. The van der Waals surface area contributed by atoms with Crippen LogP contribution in [0.5, 0.6) is 5.75 Å². The fraction of sp³-hybridized carbons (Fsp3) is 0.364. The molecule has 148 valence electrons. The topological polar surface area (TPSA) is 64.6 Å². The maximum absolute atomic E-state index is 12.5. The van der Waals surface area contributed by atoms with Gasteiger partial charge in [0.05, 0.1) is 6.04 Å². The molecule has 0 bridgehead atoms. The van der Waals surface area contributed by atoms with E-state index in [-0.39, 0.29) is 18.6 Å². The lowest BCUT2D eigenvalue weighted by Gasteiger charge is -2.27. The summed E-state index contributed by atoms with van der Waals surface area (Å²) in [4.78, 5) is 24.5. The number of halogens is 1. The molecule has 5 nitrogen and oxygen atoms in total. The Morgan fingerprint density at radius 1 is 1.25 bits per heavy atom. The number of aryl methyl sites for hydroxylation is 2. The van der Waals surface area contributed by atoms with Gasteiger partial charge in [0.2, 0.25) is 0 Å². The van der Waals surface area contributed by atoms with E-state index in [4.69, 9.17) is 21.1 Å². The Kier molecular flexibility index (Phi) is 6.57. The Bertz CT molecular complexity index is 867. The zero-order valence-corrected chi connectivity index (χ0v) is 16.8. The molecule has 1 amide bonds. The standard InChI is InChI=1S/C22H24ClNO4/c1-14-12-17(10-11-19(14)23)27-13-21(25)28-15(2)22(26)24-20-9-5-7-16-6-3-4-8-18(16)20/h3-4,6,8,10-12,15,20H,5,7,9,13H2,1-2H3,(H,24,26)/t15-,20+/m0/s1. The zero-order chi connectivity index (χ0) is 20.1. The van der Waals surface area contributed by atoms with Crippen LogP contribution in [0.4, 0.5) is 0 Å². The molecule has 28 heavy (non-hydrogen) atoms. The van der Waals surface area contributed by atoms with Crippen molar-refractivity contribution >= 4 is 23.5 Å². The lowest BCUT2D eigenvalue weighted by molar-refractivity contribution is -0.156. The first-order valence-electron chi connectivity index (χ1n) is 9.40. The van der Waals surface area contributed by atoms with Crippen LogP contribution in [-0.2, 0) is 20.7 Å². The summed E-state index contributed by atoms with van der Waals surface area (Å²) in [5.41, 5.74) is 3.26. The van der Waals surface area contributed by atoms with Gasteiger partial charge in [0.25, 0.3) is 5.91 Å². The number of carbonyl (C=O) groups excluding carboxylic acids is 2. The van der Waals surface area contributed by atoms with Crippen LogP contribution < -0.4 is 10.1 Å². The van der Waals surface area contributed by atoms with Crippen molar-refractivity contribution in [2.45, 2.75) is 45.3 Å². The van der Waals surface area contributed by atoms with Crippen LogP contribution >= 0.6 is 11.6 Å². The monoisotopic (exact) mass is 401 g/mol. The van der Waals surface area contributed by atoms with Crippen LogP contribution in [-0.4, -0.2) is 24.6 Å². The molecule has 6 heteroatoms. The number of ether oxygens (including phenoxy) is 2. The maximum Gasteiger partial charge on any atom is 0.344 e. The Balaban J connectivity index is 1.50. The van der Waals surface area contributed by atoms with Crippen LogP contribution in [0.1, 0.15) is 42.5 Å². The number of nitrogens with one attached hydrogen (secondary N) is 1. The molecule has 0 spiro atoms. The first-order valence-corrected chi connectivity index (χ1v) is 9.78. The molecule has 0 saturated heterocycles. The number of hydrogen-bond acceptors (Lipinski definition) is 4. The van der Waals surface area contributed by atoms with Crippen molar-refractivity contribution in [1.29, 1.82) is 0 Å². The van der Waals surface area contributed by atoms with E-state index >= 15 is 0 Å². The fourth-order valence-corrected chi connectivity index (χ4v) is 3.44. The van der Waals surface area contributed by atoms with Crippen LogP contribution in [0.25, 0.3) is 0 Å². The first-order chi connectivity index (χ1) is 13.4. The summed E-state index contributed by atoms with van der Waals surface area (Å²) in [5, 5.41) is 3.63. The summed E-state index contributed by atoms with van der Waals surface area (Å²) < 4.78 is 10.6. The summed E-state index contributed by atoms with van der Waals surface area (Å²) in [6, 6.07) is 13.2. The van der Waals surface area contributed by atoms with E-state index in [1.807, 2.05) is 25.1 Å². The quantitative estimate of drug-likeness (QED) is 0.738. The Morgan fingerprint density at radius 2 is 2.04 bits per heavy atom. The van der Waals surface area contributed by atoms with Crippen molar-refractivity contribution in [1.82, 2.24) is 5.32 Å². The number of carbonyl (C=O) groups is 2. The molecule has 0 aromatic heterocycles. The number of fused-ring (bicyclic) bond motifs is 1.